The van der Waals surface area contributed by atoms with E-state index in [9.17, 15) is 19.2 Å². The Bertz CT molecular complexity index is 935. The average Bonchev–Trinajstić information content (AvgIpc) is 2.92. The minimum absolute atomic E-state index is 0.190. The molecule has 2 aromatic rings. The van der Waals surface area contributed by atoms with Crippen LogP contribution < -0.4 is 0 Å². The number of carbonyl (C=O) groups excluding carboxylic acids is 2. The molecule has 0 radical (unpaired) electrons. The van der Waals surface area contributed by atoms with Gasteiger partial charge in [-0.2, -0.15) is 0 Å². The first kappa shape index (κ1) is 32.3. The zero-order valence-electron chi connectivity index (χ0n) is 22.4. The van der Waals surface area contributed by atoms with E-state index in [4.69, 9.17) is 19.7 Å². The van der Waals surface area contributed by atoms with E-state index in [1.807, 2.05) is 0 Å². The molecule has 208 valence electrons. The Morgan fingerprint density at radius 2 is 0.842 bits per heavy atom. The molecule has 0 aliphatic rings. The van der Waals surface area contributed by atoms with Crippen molar-refractivity contribution in [3.63, 3.8) is 0 Å². The van der Waals surface area contributed by atoms with Crippen LogP contribution in [0.25, 0.3) is 0 Å². The Labute approximate surface area is 225 Å². The van der Waals surface area contributed by atoms with Crippen LogP contribution in [0.2, 0.25) is 0 Å². The van der Waals surface area contributed by atoms with E-state index in [0.717, 1.165) is 38.5 Å². The Morgan fingerprint density at radius 3 is 1.16 bits per heavy atom. The average molecular weight is 529 g/mol. The van der Waals surface area contributed by atoms with E-state index in [-0.39, 0.29) is 22.3 Å². The van der Waals surface area contributed by atoms with E-state index in [2.05, 4.69) is 13.8 Å². The first-order chi connectivity index (χ1) is 18.3. The molecule has 8 heteroatoms. The molecule has 0 aromatic heterocycles. The Balaban J connectivity index is 0.000000499. The van der Waals surface area contributed by atoms with Crippen LogP contribution in [0, 0.1) is 0 Å². The number of benzene rings is 2. The van der Waals surface area contributed by atoms with Gasteiger partial charge in [0.1, 0.15) is 0 Å². The van der Waals surface area contributed by atoms with Gasteiger partial charge in [0.15, 0.2) is 0 Å². The molecule has 2 aromatic carbocycles. The van der Waals surface area contributed by atoms with Gasteiger partial charge in [0.05, 0.1) is 35.5 Å². The first-order valence-corrected chi connectivity index (χ1v) is 13.3. The number of carbonyl (C=O) groups is 4. The topological polar surface area (TPSA) is 127 Å². The summed E-state index contributed by atoms with van der Waals surface area (Å²) in [5.74, 6) is -3.35. The quantitative estimate of drug-likeness (QED) is 0.176. The summed E-state index contributed by atoms with van der Waals surface area (Å²) in [6.45, 7) is 5.12. The van der Waals surface area contributed by atoms with E-state index in [1.165, 1.54) is 49.9 Å². The summed E-state index contributed by atoms with van der Waals surface area (Å²) in [5, 5.41) is 17.1. The standard InChI is InChI=1S/C22H34O4.C8H6O4/c1-3-5-7-9-13-17-25-21(23)19-15-11-12-16-20(19)22(24)26-18-14-10-8-6-4-2;9-7(10)5-3-1-2-4-6(5)8(11)12/h11-12,15-16H,3-10,13-14,17-18H2,1-2H3;1-4H,(H,9,10)(H,11,12). The molecule has 0 atom stereocenters. The van der Waals surface area contributed by atoms with Crippen molar-refractivity contribution in [3.8, 4) is 0 Å². The van der Waals surface area contributed by atoms with Crippen LogP contribution in [-0.2, 0) is 9.47 Å². The molecule has 0 aliphatic heterocycles. The van der Waals surface area contributed by atoms with E-state index in [0.29, 0.717) is 13.2 Å². The van der Waals surface area contributed by atoms with Crippen molar-refractivity contribution in [3.05, 3.63) is 70.8 Å². The molecule has 0 bridgehead atoms. The number of hydrogen-bond donors (Lipinski definition) is 2. The van der Waals surface area contributed by atoms with Crippen LogP contribution in [0.4, 0.5) is 0 Å². The second-order valence-electron chi connectivity index (χ2n) is 8.80. The lowest BCUT2D eigenvalue weighted by Crippen LogP contribution is -2.15. The fourth-order valence-electron chi connectivity index (χ4n) is 3.59. The molecule has 8 nitrogen and oxygen atoms in total. The fraction of sp³-hybridized carbons (Fsp3) is 0.467. The predicted molar refractivity (Wildman–Crippen MR) is 145 cm³/mol. The van der Waals surface area contributed by atoms with Gasteiger partial charge < -0.3 is 19.7 Å². The van der Waals surface area contributed by atoms with Gasteiger partial charge >= 0.3 is 23.9 Å². The maximum Gasteiger partial charge on any atom is 0.339 e. The Hall–Kier alpha value is -3.68. The largest absolute Gasteiger partial charge is 0.478 e. The van der Waals surface area contributed by atoms with Gasteiger partial charge in [0, 0.05) is 0 Å². The number of esters is 2. The van der Waals surface area contributed by atoms with Crippen molar-refractivity contribution in [1.82, 2.24) is 0 Å². The van der Waals surface area contributed by atoms with Gasteiger partial charge in [-0.25, -0.2) is 19.2 Å². The number of unbranched alkanes of at least 4 members (excludes halogenated alkanes) is 8. The zero-order valence-corrected chi connectivity index (χ0v) is 22.4. The molecule has 38 heavy (non-hydrogen) atoms. The first-order valence-electron chi connectivity index (χ1n) is 13.3. The van der Waals surface area contributed by atoms with Gasteiger partial charge in [0.25, 0.3) is 0 Å². The summed E-state index contributed by atoms with van der Waals surface area (Å²) < 4.78 is 10.6. The third-order valence-electron chi connectivity index (χ3n) is 5.72. The smallest absolute Gasteiger partial charge is 0.339 e. The highest BCUT2D eigenvalue weighted by Gasteiger charge is 2.19. The summed E-state index contributed by atoms with van der Waals surface area (Å²) in [6.07, 6.45) is 11.0. The maximum absolute atomic E-state index is 12.3. The molecule has 2 N–H and O–H groups in total. The highest BCUT2D eigenvalue weighted by atomic mass is 16.5. The zero-order chi connectivity index (χ0) is 28.2. The van der Waals surface area contributed by atoms with Gasteiger partial charge in [-0.05, 0) is 37.1 Å². The van der Waals surface area contributed by atoms with Gasteiger partial charge in [0.2, 0.25) is 0 Å². The van der Waals surface area contributed by atoms with Crippen LogP contribution in [-0.4, -0.2) is 47.3 Å². The minimum atomic E-state index is -1.23. The molecule has 0 fully saturated rings. The van der Waals surface area contributed by atoms with Crippen molar-refractivity contribution >= 4 is 23.9 Å². The van der Waals surface area contributed by atoms with Crippen molar-refractivity contribution in [2.45, 2.75) is 78.1 Å². The number of rotatable bonds is 16. The summed E-state index contributed by atoms with van der Waals surface area (Å²) in [4.78, 5) is 45.5. The molecule has 0 spiro atoms. The number of carboxylic acids is 2. The normalized spacial score (nSPS) is 10.2. The second kappa shape index (κ2) is 19.4. The number of ether oxygens (including phenoxy) is 2. The van der Waals surface area contributed by atoms with Gasteiger partial charge in [-0.15, -0.1) is 0 Å². The maximum atomic E-state index is 12.3. The molecule has 2 rings (SSSR count). The number of carboxylic acid groups (broad SMARTS) is 2. The van der Waals surface area contributed by atoms with Crippen molar-refractivity contribution in [2.75, 3.05) is 13.2 Å². The monoisotopic (exact) mass is 528 g/mol. The SMILES string of the molecule is CCCCCCCOC(=O)c1ccccc1C(=O)OCCCCCCC.O=C(O)c1ccccc1C(=O)O. The van der Waals surface area contributed by atoms with E-state index in [1.54, 1.807) is 24.3 Å². The molecular formula is C30H40O8. The summed E-state index contributed by atoms with van der Waals surface area (Å²) in [5.41, 5.74) is 0.198. The second-order valence-corrected chi connectivity index (χ2v) is 8.80. The highest BCUT2D eigenvalue weighted by molar-refractivity contribution is 6.03. The molecule has 0 unspecified atom stereocenters. The molecule has 0 aliphatic carbocycles. The predicted octanol–water partition coefficient (Wildman–Crippen LogP) is 7.02. The van der Waals surface area contributed by atoms with Crippen LogP contribution in [0.3, 0.4) is 0 Å². The lowest BCUT2D eigenvalue weighted by atomic mass is 10.1. The Kier molecular flexibility index (Phi) is 16.5. The molecule has 0 saturated carbocycles. The molecule has 0 saturated heterocycles. The number of aromatic carboxylic acids is 2. The van der Waals surface area contributed by atoms with Crippen molar-refractivity contribution < 1.29 is 38.9 Å². The Morgan fingerprint density at radius 1 is 0.526 bits per heavy atom. The van der Waals surface area contributed by atoms with Crippen molar-refractivity contribution in [2.24, 2.45) is 0 Å². The summed E-state index contributed by atoms with van der Waals surface area (Å²) in [6, 6.07) is 12.2. The van der Waals surface area contributed by atoms with Gasteiger partial charge in [-0.3, -0.25) is 0 Å². The molecule has 0 amide bonds. The lowest BCUT2D eigenvalue weighted by molar-refractivity contribution is 0.0450. The van der Waals surface area contributed by atoms with Crippen LogP contribution in [0.5, 0.6) is 0 Å². The van der Waals surface area contributed by atoms with E-state index >= 15 is 0 Å². The van der Waals surface area contributed by atoms with E-state index < -0.39 is 23.9 Å². The minimum Gasteiger partial charge on any atom is -0.478 e. The summed E-state index contributed by atoms with van der Waals surface area (Å²) >= 11 is 0. The number of hydrogen-bond acceptors (Lipinski definition) is 6. The van der Waals surface area contributed by atoms with Crippen LogP contribution in [0.15, 0.2) is 48.5 Å². The van der Waals surface area contributed by atoms with Crippen LogP contribution in [0.1, 0.15) is 119 Å². The third-order valence-corrected chi connectivity index (χ3v) is 5.72. The summed E-state index contributed by atoms with van der Waals surface area (Å²) in [7, 11) is 0. The lowest BCUT2D eigenvalue weighted by Gasteiger charge is -2.10. The highest BCUT2D eigenvalue weighted by Crippen LogP contribution is 2.14. The molecular weight excluding hydrogens is 488 g/mol. The van der Waals surface area contributed by atoms with Crippen molar-refractivity contribution in [1.29, 1.82) is 0 Å². The molecule has 0 heterocycles. The van der Waals surface area contributed by atoms with Gasteiger partial charge in [-0.1, -0.05) is 89.5 Å². The van der Waals surface area contributed by atoms with Crippen LogP contribution >= 0.6 is 0 Å². The fourth-order valence-corrected chi connectivity index (χ4v) is 3.59. The third kappa shape index (κ3) is 12.5.